The van der Waals surface area contributed by atoms with E-state index in [1.165, 1.54) is 19.4 Å². The van der Waals surface area contributed by atoms with Gasteiger partial charge >= 0.3 is 0 Å². The van der Waals surface area contributed by atoms with Crippen LogP contribution in [0.2, 0.25) is 0 Å². The van der Waals surface area contributed by atoms with E-state index in [1.54, 1.807) is 0 Å². The van der Waals surface area contributed by atoms with Crippen molar-refractivity contribution >= 4 is 0 Å². The summed E-state index contributed by atoms with van der Waals surface area (Å²) >= 11 is 0. The Morgan fingerprint density at radius 1 is 1.28 bits per heavy atom. The van der Waals surface area contributed by atoms with Crippen molar-refractivity contribution in [3.8, 4) is 0 Å². The van der Waals surface area contributed by atoms with Crippen LogP contribution in [-0.2, 0) is 19.4 Å². The Kier molecular flexibility index (Phi) is 3.35. The summed E-state index contributed by atoms with van der Waals surface area (Å²) in [5.74, 6) is 2.82. The summed E-state index contributed by atoms with van der Waals surface area (Å²) in [4.78, 5) is 2.40. The maximum atomic E-state index is 9.76. The molecule has 2 aliphatic rings. The van der Waals surface area contributed by atoms with Gasteiger partial charge < -0.3 is 14.6 Å². The van der Waals surface area contributed by atoms with Gasteiger partial charge in [-0.3, -0.25) is 0 Å². The molecule has 0 aromatic carbocycles. The molecule has 1 N–H and O–H groups in total. The molecule has 2 unspecified atom stereocenters. The van der Waals surface area contributed by atoms with Gasteiger partial charge in [0.1, 0.15) is 11.6 Å². The van der Waals surface area contributed by atoms with Gasteiger partial charge in [0.15, 0.2) is 0 Å². The largest absolute Gasteiger partial charge is 0.391 e. The van der Waals surface area contributed by atoms with Crippen LogP contribution in [0.5, 0.6) is 0 Å². The van der Waals surface area contributed by atoms with Gasteiger partial charge in [0.2, 0.25) is 0 Å². The first kappa shape index (κ1) is 12.1. The lowest BCUT2D eigenvalue weighted by Crippen LogP contribution is -2.34. The van der Waals surface area contributed by atoms with Gasteiger partial charge in [-0.25, -0.2) is 0 Å². The first-order valence-corrected chi connectivity index (χ1v) is 7.00. The first-order chi connectivity index (χ1) is 8.72. The fraction of sp³-hybridized carbons (Fsp3) is 0.846. The second kappa shape index (κ2) is 4.97. The summed E-state index contributed by atoms with van der Waals surface area (Å²) in [5.41, 5.74) is 0. The first-order valence-electron chi connectivity index (χ1n) is 7.00. The zero-order valence-electron chi connectivity index (χ0n) is 11.0. The number of likely N-dealkylation sites (tertiary alicyclic amines) is 1. The zero-order valence-corrected chi connectivity index (χ0v) is 11.0. The van der Waals surface area contributed by atoms with E-state index in [0.717, 1.165) is 37.5 Å². The Hall–Kier alpha value is -0.940. The number of hydrogen-bond donors (Lipinski definition) is 1. The van der Waals surface area contributed by atoms with Crippen LogP contribution in [0.25, 0.3) is 0 Å². The molecular weight excluding hydrogens is 228 g/mol. The van der Waals surface area contributed by atoms with E-state index in [9.17, 15) is 5.11 Å². The van der Waals surface area contributed by atoms with Gasteiger partial charge in [0, 0.05) is 19.4 Å². The van der Waals surface area contributed by atoms with Gasteiger partial charge in [0.25, 0.3) is 0 Å². The van der Waals surface area contributed by atoms with Gasteiger partial charge in [-0.1, -0.05) is 0 Å². The highest BCUT2D eigenvalue weighted by molar-refractivity contribution is 5.01. The maximum Gasteiger partial charge on any atom is 0.133 e. The van der Waals surface area contributed by atoms with E-state index in [1.807, 2.05) is 0 Å². The van der Waals surface area contributed by atoms with Crippen molar-refractivity contribution in [3.63, 3.8) is 0 Å². The molecule has 0 bridgehead atoms. The van der Waals surface area contributed by atoms with Gasteiger partial charge in [-0.15, -0.1) is 10.2 Å². The lowest BCUT2D eigenvalue weighted by atomic mass is 9.94. The van der Waals surface area contributed by atoms with Crippen LogP contribution in [0, 0.1) is 5.92 Å². The quantitative estimate of drug-likeness (QED) is 0.829. The Morgan fingerprint density at radius 3 is 3.00 bits per heavy atom. The van der Waals surface area contributed by atoms with Crippen LogP contribution in [0.1, 0.15) is 30.9 Å². The standard InChI is InChI=1S/C13H22N4O/c1-16-6-2-3-10(8-16)7-13-15-14-12-5-4-11(18)9-17(12)13/h10-11,18H,2-9H2,1H3. The molecule has 5 heteroatoms. The Morgan fingerprint density at radius 2 is 2.17 bits per heavy atom. The van der Waals surface area contributed by atoms with Crippen molar-refractivity contribution in [2.24, 2.45) is 5.92 Å². The third-order valence-corrected chi connectivity index (χ3v) is 4.19. The van der Waals surface area contributed by atoms with Crippen LogP contribution in [0.15, 0.2) is 0 Å². The fourth-order valence-corrected chi connectivity index (χ4v) is 3.21. The number of aryl methyl sites for hydroxylation is 1. The topological polar surface area (TPSA) is 54.2 Å². The summed E-state index contributed by atoms with van der Waals surface area (Å²) in [6, 6.07) is 0. The third-order valence-electron chi connectivity index (χ3n) is 4.19. The second-order valence-corrected chi connectivity index (χ2v) is 5.81. The second-order valence-electron chi connectivity index (χ2n) is 5.81. The van der Waals surface area contributed by atoms with E-state index in [-0.39, 0.29) is 6.10 Å². The zero-order chi connectivity index (χ0) is 12.5. The average molecular weight is 250 g/mol. The Labute approximate surface area is 108 Å². The number of rotatable bonds is 2. The Balaban J connectivity index is 1.71. The average Bonchev–Trinajstić information content (AvgIpc) is 2.72. The number of fused-ring (bicyclic) bond motifs is 1. The number of hydrogen-bond acceptors (Lipinski definition) is 4. The summed E-state index contributed by atoms with van der Waals surface area (Å²) in [6.07, 6.45) is 5.04. The van der Waals surface area contributed by atoms with Crippen LogP contribution < -0.4 is 0 Å². The summed E-state index contributed by atoms with van der Waals surface area (Å²) < 4.78 is 2.14. The van der Waals surface area contributed by atoms with Crippen LogP contribution >= 0.6 is 0 Å². The highest BCUT2D eigenvalue weighted by atomic mass is 16.3. The van der Waals surface area contributed by atoms with E-state index < -0.39 is 0 Å². The maximum absolute atomic E-state index is 9.76. The summed E-state index contributed by atoms with van der Waals surface area (Å²) in [6.45, 7) is 3.05. The van der Waals surface area contributed by atoms with Gasteiger partial charge in [-0.05, 0) is 38.8 Å². The normalized spacial score (nSPS) is 29.2. The molecule has 0 aliphatic carbocycles. The lowest BCUT2D eigenvalue weighted by molar-refractivity contribution is 0.128. The van der Waals surface area contributed by atoms with Crippen molar-refractivity contribution < 1.29 is 5.11 Å². The van der Waals surface area contributed by atoms with Crippen molar-refractivity contribution in [3.05, 3.63) is 11.6 Å². The minimum Gasteiger partial charge on any atom is -0.391 e. The van der Waals surface area contributed by atoms with Crippen LogP contribution in [0.4, 0.5) is 0 Å². The molecule has 3 rings (SSSR count). The molecule has 18 heavy (non-hydrogen) atoms. The van der Waals surface area contributed by atoms with E-state index in [4.69, 9.17) is 0 Å². The van der Waals surface area contributed by atoms with Crippen molar-refractivity contribution in [1.82, 2.24) is 19.7 Å². The molecule has 2 aliphatic heterocycles. The Bertz CT molecular complexity index is 417. The predicted molar refractivity (Wildman–Crippen MR) is 68.3 cm³/mol. The van der Waals surface area contributed by atoms with Crippen LogP contribution in [0.3, 0.4) is 0 Å². The third kappa shape index (κ3) is 2.42. The molecule has 0 amide bonds. The molecule has 100 valence electrons. The molecule has 1 fully saturated rings. The monoisotopic (exact) mass is 250 g/mol. The molecule has 1 saturated heterocycles. The van der Waals surface area contributed by atoms with E-state index in [0.29, 0.717) is 12.5 Å². The van der Waals surface area contributed by atoms with Crippen LogP contribution in [-0.4, -0.2) is 51.0 Å². The lowest BCUT2D eigenvalue weighted by Gasteiger charge is -2.29. The summed E-state index contributed by atoms with van der Waals surface area (Å²) in [5, 5.41) is 18.4. The molecule has 3 heterocycles. The molecule has 0 spiro atoms. The molecule has 5 nitrogen and oxygen atoms in total. The number of nitrogens with zero attached hydrogens (tertiary/aromatic N) is 4. The van der Waals surface area contributed by atoms with Gasteiger partial charge in [0.05, 0.1) is 12.6 Å². The number of aliphatic hydroxyl groups excluding tert-OH is 1. The highest BCUT2D eigenvalue weighted by Gasteiger charge is 2.24. The van der Waals surface area contributed by atoms with Crippen molar-refractivity contribution in [2.75, 3.05) is 20.1 Å². The highest BCUT2D eigenvalue weighted by Crippen LogP contribution is 2.21. The molecule has 1 aromatic heterocycles. The van der Waals surface area contributed by atoms with E-state index in [2.05, 4.69) is 26.7 Å². The van der Waals surface area contributed by atoms with E-state index >= 15 is 0 Å². The molecule has 1 aromatic rings. The van der Waals surface area contributed by atoms with Gasteiger partial charge in [-0.2, -0.15) is 0 Å². The van der Waals surface area contributed by atoms with Crippen molar-refractivity contribution in [2.45, 2.75) is 44.8 Å². The minimum absolute atomic E-state index is 0.221. The smallest absolute Gasteiger partial charge is 0.133 e. The molecule has 0 radical (unpaired) electrons. The number of piperidine rings is 1. The fourth-order valence-electron chi connectivity index (χ4n) is 3.21. The molecular formula is C13H22N4O. The molecule has 2 atom stereocenters. The number of aliphatic hydroxyl groups is 1. The predicted octanol–water partition coefficient (Wildman–Crippen LogP) is 0.469. The number of aromatic nitrogens is 3. The SMILES string of the molecule is CN1CCCC(Cc2nnc3n2CC(O)CC3)C1. The molecule has 0 saturated carbocycles. The van der Waals surface area contributed by atoms with Crippen molar-refractivity contribution in [1.29, 1.82) is 0 Å². The minimum atomic E-state index is -0.221. The summed E-state index contributed by atoms with van der Waals surface area (Å²) in [7, 11) is 2.19.